The molecule has 2 aliphatic rings. The molecule has 0 amide bonds. The molecule has 2 saturated carbocycles. The third-order valence-electron chi connectivity index (χ3n) is 5.40. The first-order valence-electron chi connectivity index (χ1n) is 8.56. The highest BCUT2D eigenvalue weighted by molar-refractivity contribution is 4.88. The Morgan fingerprint density at radius 3 is 2.26 bits per heavy atom. The molecule has 0 aromatic heterocycles. The SMILES string of the molecule is CC(C)C1CCCCC1NCC1(O)CCCCCC1. The number of hydrogen-bond donors (Lipinski definition) is 2. The molecule has 0 aromatic rings. The fraction of sp³-hybridized carbons (Fsp3) is 1.00. The summed E-state index contributed by atoms with van der Waals surface area (Å²) in [6.07, 6.45) is 12.4. The van der Waals surface area contributed by atoms with Crippen LogP contribution in [0, 0.1) is 11.8 Å². The summed E-state index contributed by atoms with van der Waals surface area (Å²) in [5, 5.41) is 14.5. The van der Waals surface area contributed by atoms with E-state index >= 15 is 0 Å². The molecule has 2 heteroatoms. The normalized spacial score (nSPS) is 32.2. The van der Waals surface area contributed by atoms with Crippen molar-refractivity contribution in [1.29, 1.82) is 0 Å². The topological polar surface area (TPSA) is 32.3 Å². The fourth-order valence-electron chi connectivity index (χ4n) is 4.10. The van der Waals surface area contributed by atoms with Crippen molar-refractivity contribution in [2.75, 3.05) is 6.54 Å². The molecular formula is C17H33NO. The molecule has 112 valence electrons. The van der Waals surface area contributed by atoms with Gasteiger partial charge in [0.2, 0.25) is 0 Å². The van der Waals surface area contributed by atoms with E-state index in [9.17, 15) is 5.11 Å². The molecule has 0 spiro atoms. The van der Waals surface area contributed by atoms with Crippen molar-refractivity contribution in [3.8, 4) is 0 Å². The Morgan fingerprint density at radius 2 is 1.63 bits per heavy atom. The lowest BCUT2D eigenvalue weighted by Crippen LogP contribution is -2.48. The Labute approximate surface area is 119 Å². The summed E-state index contributed by atoms with van der Waals surface area (Å²) in [6.45, 7) is 5.52. The molecule has 0 heterocycles. The minimum Gasteiger partial charge on any atom is -0.389 e. The third-order valence-corrected chi connectivity index (χ3v) is 5.40. The number of rotatable bonds is 4. The molecule has 0 radical (unpaired) electrons. The van der Waals surface area contributed by atoms with Gasteiger partial charge in [-0.3, -0.25) is 0 Å². The first-order chi connectivity index (χ1) is 9.11. The molecule has 2 fully saturated rings. The predicted molar refractivity (Wildman–Crippen MR) is 81.2 cm³/mol. The van der Waals surface area contributed by atoms with Gasteiger partial charge >= 0.3 is 0 Å². The second-order valence-electron chi connectivity index (χ2n) is 7.32. The molecule has 19 heavy (non-hydrogen) atoms. The van der Waals surface area contributed by atoms with E-state index in [-0.39, 0.29) is 0 Å². The molecule has 0 bridgehead atoms. The highest BCUT2D eigenvalue weighted by atomic mass is 16.3. The Morgan fingerprint density at radius 1 is 1.00 bits per heavy atom. The summed E-state index contributed by atoms with van der Waals surface area (Å²) in [5.74, 6) is 1.57. The van der Waals surface area contributed by atoms with E-state index in [1.54, 1.807) is 0 Å². The number of nitrogens with one attached hydrogen (secondary N) is 1. The largest absolute Gasteiger partial charge is 0.389 e. The Kier molecular flexibility index (Phi) is 5.70. The van der Waals surface area contributed by atoms with Crippen molar-refractivity contribution < 1.29 is 5.11 Å². The van der Waals surface area contributed by atoms with E-state index in [1.165, 1.54) is 51.4 Å². The average Bonchev–Trinajstić information content (AvgIpc) is 2.62. The Hall–Kier alpha value is -0.0800. The molecule has 2 atom stereocenters. The maximum absolute atomic E-state index is 10.7. The molecule has 2 unspecified atom stereocenters. The zero-order valence-electron chi connectivity index (χ0n) is 13.0. The van der Waals surface area contributed by atoms with Crippen molar-refractivity contribution in [2.45, 2.75) is 89.7 Å². The van der Waals surface area contributed by atoms with E-state index in [0.29, 0.717) is 6.04 Å². The van der Waals surface area contributed by atoms with Gasteiger partial charge in [-0.1, -0.05) is 52.4 Å². The lowest BCUT2D eigenvalue weighted by Gasteiger charge is -2.37. The van der Waals surface area contributed by atoms with Crippen LogP contribution in [0.15, 0.2) is 0 Å². The van der Waals surface area contributed by atoms with E-state index in [0.717, 1.165) is 31.2 Å². The molecule has 0 aliphatic heterocycles. The van der Waals surface area contributed by atoms with E-state index in [1.807, 2.05) is 0 Å². The zero-order valence-corrected chi connectivity index (χ0v) is 13.0. The maximum atomic E-state index is 10.7. The molecule has 2 aliphatic carbocycles. The van der Waals surface area contributed by atoms with E-state index in [2.05, 4.69) is 19.2 Å². The van der Waals surface area contributed by atoms with Crippen LogP contribution in [0.5, 0.6) is 0 Å². The van der Waals surface area contributed by atoms with Crippen molar-refractivity contribution in [1.82, 2.24) is 5.32 Å². The van der Waals surface area contributed by atoms with Crippen LogP contribution in [0.3, 0.4) is 0 Å². The van der Waals surface area contributed by atoms with Gasteiger partial charge in [-0.25, -0.2) is 0 Å². The van der Waals surface area contributed by atoms with Crippen LogP contribution in [0.1, 0.15) is 78.1 Å². The smallest absolute Gasteiger partial charge is 0.0771 e. The van der Waals surface area contributed by atoms with Crippen LogP contribution in [0.2, 0.25) is 0 Å². The first-order valence-corrected chi connectivity index (χ1v) is 8.56. The Bertz CT molecular complexity index is 256. The van der Waals surface area contributed by atoms with Crippen LogP contribution < -0.4 is 5.32 Å². The van der Waals surface area contributed by atoms with Crippen molar-refractivity contribution >= 4 is 0 Å². The highest BCUT2D eigenvalue weighted by Crippen LogP contribution is 2.31. The third kappa shape index (κ3) is 4.46. The van der Waals surface area contributed by atoms with Crippen molar-refractivity contribution in [2.24, 2.45) is 11.8 Å². The molecule has 0 aromatic carbocycles. The lowest BCUT2D eigenvalue weighted by atomic mass is 9.77. The van der Waals surface area contributed by atoms with Gasteiger partial charge in [-0.05, 0) is 37.5 Å². The molecule has 2 rings (SSSR count). The van der Waals surface area contributed by atoms with Crippen LogP contribution in [0.4, 0.5) is 0 Å². The summed E-state index contributed by atoms with van der Waals surface area (Å²) in [5.41, 5.74) is -0.421. The van der Waals surface area contributed by atoms with Crippen molar-refractivity contribution in [3.63, 3.8) is 0 Å². The maximum Gasteiger partial charge on any atom is 0.0771 e. The second-order valence-corrected chi connectivity index (χ2v) is 7.32. The van der Waals surface area contributed by atoms with E-state index < -0.39 is 5.60 Å². The molecule has 2 nitrogen and oxygen atoms in total. The molecular weight excluding hydrogens is 234 g/mol. The average molecular weight is 267 g/mol. The minimum absolute atomic E-state index is 0.421. The quantitative estimate of drug-likeness (QED) is 0.758. The predicted octanol–water partition coefficient (Wildman–Crippen LogP) is 3.88. The summed E-state index contributed by atoms with van der Waals surface area (Å²) in [7, 11) is 0. The van der Waals surface area contributed by atoms with Gasteiger partial charge in [0.05, 0.1) is 5.60 Å². The van der Waals surface area contributed by atoms with Crippen LogP contribution in [0.25, 0.3) is 0 Å². The Balaban J connectivity index is 1.85. The standard InChI is InChI=1S/C17H33NO/c1-14(2)15-9-5-6-10-16(15)18-13-17(19)11-7-3-4-8-12-17/h14-16,18-19H,3-13H2,1-2H3. The fourth-order valence-corrected chi connectivity index (χ4v) is 4.10. The second kappa shape index (κ2) is 7.08. The van der Waals surface area contributed by atoms with Gasteiger partial charge in [0.25, 0.3) is 0 Å². The lowest BCUT2D eigenvalue weighted by molar-refractivity contribution is 0.0176. The minimum atomic E-state index is -0.421. The highest BCUT2D eigenvalue weighted by Gasteiger charge is 2.32. The van der Waals surface area contributed by atoms with Gasteiger partial charge in [-0.2, -0.15) is 0 Å². The monoisotopic (exact) mass is 267 g/mol. The van der Waals surface area contributed by atoms with Crippen LogP contribution >= 0.6 is 0 Å². The zero-order chi connectivity index (χ0) is 13.7. The summed E-state index contributed by atoms with van der Waals surface area (Å²) in [6, 6.07) is 0.640. The first kappa shape index (κ1) is 15.3. The number of aliphatic hydroxyl groups is 1. The van der Waals surface area contributed by atoms with Crippen LogP contribution in [-0.4, -0.2) is 23.3 Å². The van der Waals surface area contributed by atoms with Gasteiger partial charge in [0, 0.05) is 12.6 Å². The van der Waals surface area contributed by atoms with Gasteiger partial charge < -0.3 is 10.4 Å². The van der Waals surface area contributed by atoms with Gasteiger partial charge in [0.1, 0.15) is 0 Å². The van der Waals surface area contributed by atoms with Gasteiger partial charge in [-0.15, -0.1) is 0 Å². The van der Waals surface area contributed by atoms with Crippen molar-refractivity contribution in [3.05, 3.63) is 0 Å². The van der Waals surface area contributed by atoms with E-state index in [4.69, 9.17) is 0 Å². The summed E-state index contributed by atoms with van der Waals surface area (Å²) < 4.78 is 0. The molecule has 0 saturated heterocycles. The van der Waals surface area contributed by atoms with Crippen LogP contribution in [-0.2, 0) is 0 Å². The summed E-state index contributed by atoms with van der Waals surface area (Å²) in [4.78, 5) is 0. The summed E-state index contributed by atoms with van der Waals surface area (Å²) >= 11 is 0. The van der Waals surface area contributed by atoms with Gasteiger partial charge in [0.15, 0.2) is 0 Å². The molecule has 2 N–H and O–H groups in total. The number of hydrogen-bond acceptors (Lipinski definition) is 2.